The van der Waals surface area contributed by atoms with Crippen molar-refractivity contribution in [1.82, 2.24) is 9.62 Å². The van der Waals surface area contributed by atoms with E-state index in [-0.39, 0.29) is 17.9 Å². The molecule has 1 saturated heterocycles. The summed E-state index contributed by atoms with van der Waals surface area (Å²) >= 11 is 1.78. The van der Waals surface area contributed by atoms with Crippen LogP contribution in [-0.2, 0) is 26.0 Å². The number of thioether (sulfide) groups is 1. The third-order valence-electron chi connectivity index (χ3n) is 6.17. The second kappa shape index (κ2) is 14.3. The van der Waals surface area contributed by atoms with Crippen LogP contribution in [0.3, 0.4) is 0 Å². The number of benzene rings is 2. The molecule has 1 fully saturated rings. The number of hydrogen-bond acceptors (Lipinski definition) is 7. The van der Waals surface area contributed by atoms with Crippen LogP contribution in [0.1, 0.15) is 38.2 Å². The smallest absolute Gasteiger partial charge is 0.326 e. The van der Waals surface area contributed by atoms with Gasteiger partial charge in [-0.2, -0.15) is 16.1 Å². The van der Waals surface area contributed by atoms with Gasteiger partial charge in [-0.15, -0.1) is 0 Å². The lowest BCUT2D eigenvalue weighted by molar-refractivity contribution is -0.142. The molecule has 206 valence electrons. The van der Waals surface area contributed by atoms with Crippen LogP contribution in [-0.4, -0.2) is 72.2 Å². The summed E-state index contributed by atoms with van der Waals surface area (Å²) < 4.78 is 33.0. The molecule has 1 amide bonds. The highest BCUT2D eigenvalue weighted by atomic mass is 32.2. The summed E-state index contributed by atoms with van der Waals surface area (Å²) in [5.74, 6) is 0.696. The summed E-state index contributed by atoms with van der Waals surface area (Å²) in [5, 5.41) is 19.7. The van der Waals surface area contributed by atoms with E-state index in [1.54, 1.807) is 54.2 Å². The van der Waals surface area contributed by atoms with Crippen LogP contribution >= 0.6 is 11.8 Å². The molecule has 3 N–H and O–H groups in total. The molecule has 38 heavy (non-hydrogen) atoms. The fraction of sp³-hybridized carbons (Fsp3) is 0.444. The number of amides is 1. The van der Waals surface area contributed by atoms with Gasteiger partial charge in [0, 0.05) is 24.4 Å². The number of carbonyl (C=O) groups is 2. The normalized spacial score (nSPS) is 16.6. The summed E-state index contributed by atoms with van der Waals surface area (Å²) in [5.41, 5.74) is 1.41. The van der Waals surface area contributed by atoms with E-state index in [0.29, 0.717) is 36.5 Å². The van der Waals surface area contributed by atoms with E-state index in [1.807, 2.05) is 6.92 Å². The first-order valence-electron chi connectivity index (χ1n) is 12.6. The molecule has 0 spiro atoms. The van der Waals surface area contributed by atoms with Crippen molar-refractivity contribution in [2.75, 3.05) is 24.7 Å². The first-order valence-corrected chi connectivity index (χ1v) is 15.2. The Bertz CT molecular complexity index is 1190. The third kappa shape index (κ3) is 8.57. The van der Waals surface area contributed by atoms with E-state index in [4.69, 9.17) is 10.1 Å². The molecular formula is C27H35N3O6S2. The Morgan fingerprint density at radius 2 is 1.87 bits per heavy atom. The molecule has 3 rings (SSSR count). The quantitative estimate of drug-likeness (QED) is 0.223. The standard InChI is InChI=1S/C27H35N3O6S2/c1-20(28)7-6-17-37-18-16-36-22-13-11-21(12-14-22)19-24(27(32)33)29-26(31)25-10-5-15-30(25)38(34,35)23-8-3-2-4-9-23/h2-4,8-9,11-14,24-25,28H,5-7,10,15-19H2,1H3,(H,29,31)(H,32,33)/t24-,25-/m0/s1. The maximum absolute atomic E-state index is 13.1. The maximum atomic E-state index is 13.1. The number of hydrogen-bond donors (Lipinski definition) is 3. The van der Waals surface area contributed by atoms with Crippen molar-refractivity contribution in [3.05, 3.63) is 60.2 Å². The van der Waals surface area contributed by atoms with Crippen LogP contribution in [0, 0.1) is 5.41 Å². The van der Waals surface area contributed by atoms with E-state index in [1.165, 1.54) is 12.1 Å². The van der Waals surface area contributed by atoms with Crippen molar-refractivity contribution in [3.8, 4) is 5.75 Å². The number of carboxylic acid groups (broad SMARTS) is 1. The molecule has 0 saturated carbocycles. The fourth-order valence-electron chi connectivity index (χ4n) is 4.20. The van der Waals surface area contributed by atoms with Crippen molar-refractivity contribution in [1.29, 1.82) is 5.41 Å². The molecule has 0 aliphatic carbocycles. The summed E-state index contributed by atoms with van der Waals surface area (Å²) in [7, 11) is -3.87. The number of ether oxygens (including phenoxy) is 1. The first-order chi connectivity index (χ1) is 18.2. The maximum Gasteiger partial charge on any atom is 0.326 e. The minimum absolute atomic E-state index is 0.0573. The molecular weight excluding hydrogens is 526 g/mol. The number of sulfonamides is 1. The van der Waals surface area contributed by atoms with Crippen LogP contribution in [0.25, 0.3) is 0 Å². The minimum atomic E-state index is -3.87. The van der Waals surface area contributed by atoms with Crippen molar-refractivity contribution in [2.45, 2.75) is 56.0 Å². The molecule has 11 heteroatoms. The van der Waals surface area contributed by atoms with Crippen LogP contribution < -0.4 is 10.1 Å². The van der Waals surface area contributed by atoms with Crippen LogP contribution in [0.15, 0.2) is 59.5 Å². The predicted octanol–water partition coefficient (Wildman–Crippen LogP) is 3.58. The third-order valence-corrected chi connectivity index (χ3v) is 9.13. The highest BCUT2D eigenvalue weighted by Gasteiger charge is 2.40. The number of aliphatic carboxylic acids is 1. The number of nitrogens with zero attached hydrogens (tertiary/aromatic N) is 1. The van der Waals surface area contributed by atoms with Gasteiger partial charge in [0.1, 0.15) is 17.8 Å². The second-order valence-corrected chi connectivity index (χ2v) is 12.3. The van der Waals surface area contributed by atoms with Gasteiger partial charge in [-0.25, -0.2) is 13.2 Å². The molecule has 0 aromatic heterocycles. The zero-order chi connectivity index (χ0) is 27.5. The Hall–Kier alpha value is -2.89. The molecule has 9 nitrogen and oxygen atoms in total. The first kappa shape index (κ1) is 29.7. The lowest BCUT2D eigenvalue weighted by Crippen LogP contribution is -2.51. The molecule has 0 radical (unpaired) electrons. The lowest BCUT2D eigenvalue weighted by atomic mass is 10.1. The molecule has 1 aliphatic rings. The Morgan fingerprint density at radius 1 is 1.16 bits per heavy atom. The molecule has 0 bridgehead atoms. The van der Waals surface area contributed by atoms with Gasteiger partial charge in [0.05, 0.1) is 11.5 Å². The molecule has 2 aromatic carbocycles. The highest BCUT2D eigenvalue weighted by Crippen LogP contribution is 2.26. The highest BCUT2D eigenvalue weighted by molar-refractivity contribution is 7.99. The van der Waals surface area contributed by atoms with Crippen molar-refractivity contribution in [2.24, 2.45) is 0 Å². The zero-order valence-corrected chi connectivity index (χ0v) is 23.1. The zero-order valence-electron chi connectivity index (χ0n) is 21.5. The summed E-state index contributed by atoms with van der Waals surface area (Å²) in [6.45, 7) is 2.56. The SMILES string of the molecule is CC(=N)CCCSCCOc1ccc(C[C@H](NC(=O)[C@@H]2CCCN2S(=O)(=O)c2ccccc2)C(=O)O)cc1. The Kier molecular flexibility index (Phi) is 11.2. The summed E-state index contributed by atoms with van der Waals surface area (Å²) in [6, 6.07) is 12.8. The van der Waals surface area contributed by atoms with Gasteiger partial charge in [0.2, 0.25) is 15.9 Å². The van der Waals surface area contributed by atoms with Crippen LogP contribution in [0.4, 0.5) is 0 Å². The van der Waals surface area contributed by atoms with Crippen LogP contribution in [0.5, 0.6) is 5.75 Å². The molecule has 0 unspecified atom stereocenters. The van der Waals surface area contributed by atoms with E-state index in [2.05, 4.69) is 5.32 Å². The van der Waals surface area contributed by atoms with Crippen molar-refractivity contribution < 1.29 is 27.9 Å². The average molecular weight is 562 g/mol. The molecule has 1 aliphatic heterocycles. The van der Waals surface area contributed by atoms with E-state index in [9.17, 15) is 23.1 Å². The largest absolute Gasteiger partial charge is 0.493 e. The number of rotatable bonds is 15. The molecule has 2 atom stereocenters. The van der Waals surface area contributed by atoms with Crippen LogP contribution in [0.2, 0.25) is 0 Å². The Labute approximate surface area is 228 Å². The number of carboxylic acids is 1. The second-order valence-electron chi connectivity index (χ2n) is 9.18. The molecule has 1 heterocycles. The van der Waals surface area contributed by atoms with E-state index in [0.717, 1.165) is 28.7 Å². The Morgan fingerprint density at radius 3 is 2.53 bits per heavy atom. The van der Waals surface area contributed by atoms with Gasteiger partial charge >= 0.3 is 5.97 Å². The van der Waals surface area contributed by atoms with Crippen molar-refractivity contribution >= 4 is 39.4 Å². The van der Waals surface area contributed by atoms with Gasteiger partial charge < -0.3 is 20.6 Å². The summed E-state index contributed by atoms with van der Waals surface area (Å²) in [4.78, 5) is 25.1. The number of carbonyl (C=O) groups excluding carboxylic acids is 1. The minimum Gasteiger partial charge on any atom is -0.493 e. The summed E-state index contributed by atoms with van der Waals surface area (Å²) in [6.07, 6.45) is 2.71. The predicted molar refractivity (Wildman–Crippen MR) is 149 cm³/mol. The van der Waals surface area contributed by atoms with E-state index >= 15 is 0 Å². The number of nitrogens with one attached hydrogen (secondary N) is 2. The van der Waals surface area contributed by atoms with Crippen molar-refractivity contribution in [3.63, 3.8) is 0 Å². The van der Waals surface area contributed by atoms with Gasteiger partial charge in [-0.1, -0.05) is 30.3 Å². The Balaban J connectivity index is 1.52. The van der Waals surface area contributed by atoms with Gasteiger partial charge in [0.15, 0.2) is 0 Å². The van der Waals surface area contributed by atoms with Gasteiger partial charge in [-0.3, -0.25) is 4.79 Å². The monoisotopic (exact) mass is 561 g/mol. The lowest BCUT2D eigenvalue weighted by Gasteiger charge is -2.25. The van der Waals surface area contributed by atoms with Gasteiger partial charge in [-0.05, 0) is 68.2 Å². The fourth-order valence-corrected chi connectivity index (χ4v) is 6.63. The van der Waals surface area contributed by atoms with Gasteiger partial charge in [0.25, 0.3) is 0 Å². The average Bonchev–Trinajstić information content (AvgIpc) is 3.40. The van der Waals surface area contributed by atoms with E-state index < -0.39 is 34.0 Å². The topological polar surface area (TPSA) is 137 Å². The molecule has 2 aromatic rings.